The van der Waals surface area contributed by atoms with Gasteiger partial charge in [0.2, 0.25) is 0 Å². The Labute approximate surface area is 173 Å². The highest BCUT2D eigenvalue weighted by Crippen LogP contribution is 2.37. The van der Waals surface area contributed by atoms with Crippen molar-refractivity contribution in [3.63, 3.8) is 0 Å². The fraction of sp³-hybridized carbons (Fsp3) is 0.458. The molecule has 0 aliphatic heterocycles. The maximum Gasteiger partial charge on any atom is 0.0845 e. The Morgan fingerprint density at radius 1 is 1.04 bits per heavy atom. The SMILES string of the molecule is CCCN(CCCC(C#N)(c1ccc(Br)cc1)C(C)C)Cc1ccccc1. The second kappa shape index (κ2) is 10.6. The summed E-state index contributed by atoms with van der Waals surface area (Å²) in [6, 6.07) is 21.6. The topological polar surface area (TPSA) is 27.0 Å². The van der Waals surface area contributed by atoms with Crippen LogP contribution in [-0.4, -0.2) is 18.0 Å². The molecule has 2 aromatic rings. The van der Waals surface area contributed by atoms with Crippen LogP contribution in [0.1, 0.15) is 51.2 Å². The van der Waals surface area contributed by atoms with Gasteiger partial charge in [0.25, 0.3) is 0 Å². The molecule has 0 spiro atoms. The first-order chi connectivity index (χ1) is 13.0. The first kappa shape index (κ1) is 21.7. The quantitative estimate of drug-likeness (QED) is 0.429. The van der Waals surface area contributed by atoms with Crippen LogP contribution >= 0.6 is 15.9 Å². The Morgan fingerprint density at radius 2 is 1.70 bits per heavy atom. The van der Waals surface area contributed by atoms with Crippen molar-refractivity contribution in [3.8, 4) is 6.07 Å². The lowest BCUT2D eigenvalue weighted by molar-refractivity contribution is 0.244. The van der Waals surface area contributed by atoms with Gasteiger partial charge in [0.15, 0.2) is 0 Å². The maximum absolute atomic E-state index is 10.1. The van der Waals surface area contributed by atoms with Gasteiger partial charge in [-0.15, -0.1) is 0 Å². The number of halogens is 1. The van der Waals surface area contributed by atoms with Crippen LogP contribution in [0, 0.1) is 17.2 Å². The summed E-state index contributed by atoms with van der Waals surface area (Å²) in [6.07, 6.45) is 3.06. The number of nitrogens with zero attached hydrogens (tertiary/aromatic N) is 2. The molecule has 144 valence electrons. The zero-order chi connectivity index (χ0) is 19.7. The summed E-state index contributed by atoms with van der Waals surface area (Å²) in [5.41, 5.74) is 2.06. The summed E-state index contributed by atoms with van der Waals surface area (Å²) in [7, 11) is 0. The van der Waals surface area contributed by atoms with Crippen molar-refractivity contribution < 1.29 is 0 Å². The average molecular weight is 427 g/mol. The van der Waals surface area contributed by atoms with E-state index < -0.39 is 5.41 Å². The van der Waals surface area contributed by atoms with Crippen molar-refractivity contribution in [3.05, 3.63) is 70.2 Å². The fourth-order valence-corrected chi connectivity index (χ4v) is 4.04. The van der Waals surface area contributed by atoms with Crippen molar-refractivity contribution in [2.24, 2.45) is 5.92 Å². The first-order valence-electron chi connectivity index (χ1n) is 9.95. The lowest BCUT2D eigenvalue weighted by Gasteiger charge is -2.32. The Hall–Kier alpha value is -1.63. The highest BCUT2D eigenvalue weighted by Gasteiger charge is 2.35. The highest BCUT2D eigenvalue weighted by atomic mass is 79.9. The normalized spacial score (nSPS) is 13.5. The van der Waals surface area contributed by atoms with E-state index in [2.05, 4.69) is 90.1 Å². The van der Waals surface area contributed by atoms with E-state index in [9.17, 15) is 5.26 Å². The maximum atomic E-state index is 10.1. The van der Waals surface area contributed by atoms with Crippen LogP contribution < -0.4 is 0 Å². The molecule has 2 nitrogen and oxygen atoms in total. The third-order valence-electron chi connectivity index (χ3n) is 5.38. The van der Waals surface area contributed by atoms with Gasteiger partial charge in [-0.3, -0.25) is 4.90 Å². The van der Waals surface area contributed by atoms with E-state index in [1.807, 2.05) is 12.1 Å². The van der Waals surface area contributed by atoms with Gasteiger partial charge in [0.1, 0.15) is 0 Å². The lowest BCUT2D eigenvalue weighted by Crippen LogP contribution is -2.33. The number of hydrogen-bond acceptors (Lipinski definition) is 2. The van der Waals surface area contributed by atoms with Gasteiger partial charge >= 0.3 is 0 Å². The molecule has 0 heterocycles. The number of benzene rings is 2. The van der Waals surface area contributed by atoms with E-state index in [0.717, 1.165) is 48.9 Å². The lowest BCUT2D eigenvalue weighted by atomic mass is 9.70. The fourth-order valence-electron chi connectivity index (χ4n) is 3.77. The molecule has 1 atom stereocenters. The molecule has 0 saturated heterocycles. The number of nitriles is 1. The summed E-state index contributed by atoms with van der Waals surface area (Å²) in [5, 5.41) is 10.1. The van der Waals surface area contributed by atoms with Gasteiger partial charge in [-0.2, -0.15) is 5.26 Å². The average Bonchev–Trinajstić information content (AvgIpc) is 2.67. The van der Waals surface area contributed by atoms with Crippen molar-refractivity contribution >= 4 is 15.9 Å². The molecule has 1 unspecified atom stereocenters. The van der Waals surface area contributed by atoms with Crippen molar-refractivity contribution in [2.45, 2.75) is 52.0 Å². The Balaban J connectivity index is 2.07. The van der Waals surface area contributed by atoms with E-state index in [1.165, 1.54) is 5.56 Å². The van der Waals surface area contributed by atoms with Gasteiger partial charge in [0.05, 0.1) is 11.5 Å². The molecular formula is C24H31BrN2. The molecule has 0 N–H and O–H groups in total. The predicted molar refractivity (Wildman–Crippen MR) is 118 cm³/mol. The molecule has 2 rings (SSSR count). The summed E-state index contributed by atoms with van der Waals surface area (Å²) >= 11 is 3.50. The summed E-state index contributed by atoms with van der Waals surface area (Å²) in [6.45, 7) is 9.66. The van der Waals surface area contributed by atoms with E-state index >= 15 is 0 Å². The van der Waals surface area contributed by atoms with Gasteiger partial charge in [-0.1, -0.05) is 79.2 Å². The van der Waals surface area contributed by atoms with Crippen LogP contribution in [0.25, 0.3) is 0 Å². The molecule has 0 amide bonds. The van der Waals surface area contributed by atoms with Crippen molar-refractivity contribution in [2.75, 3.05) is 13.1 Å². The molecule has 0 aromatic heterocycles. The molecule has 0 radical (unpaired) electrons. The van der Waals surface area contributed by atoms with Gasteiger partial charge in [0, 0.05) is 11.0 Å². The summed E-state index contributed by atoms with van der Waals surface area (Å²) < 4.78 is 1.05. The molecule has 0 saturated carbocycles. The molecule has 0 aliphatic carbocycles. The predicted octanol–water partition coefficient (Wildman–Crippen LogP) is 6.56. The minimum absolute atomic E-state index is 0.275. The molecule has 3 heteroatoms. The minimum atomic E-state index is -0.425. The second-order valence-corrected chi connectivity index (χ2v) is 8.53. The zero-order valence-electron chi connectivity index (χ0n) is 16.8. The minimum Gasteiger partial charge on any atom is -0.299 e. The van der Waals surface area contributed by atoms with Crippen molar-refractivity contribution in [1.29, 1.82) is 5.26 Å². The van der Waals surface area contributed by atoms with Crippen molar-refractivity contribution in [1.82, 2.24) is 4.90 Å². The smallest absolute Gasteiger partial charge is 0.0845 e. The molecule has 27 heavy (non-hydrogen) atoms. The monoisotopic (exact) mass is 426 g/mol. The standard InChI is InChI=1S/C24H31BrN2/c1-4-16-27(18-21-9-6-5-7-10-21)17-8-15-24(19-26,20(2)3)22-11-13-23(25)14-12-22/h5-7,9-14,20H,4,8,15-18H2,1-3H3. The molecular weight excluding hydrogens is 396 g/mol. The van der Waals surface area contributed by atoms with E-state index in [-0.39, 0.29) is 5.92 Å². The number of rotatable bonds is 10. The molecule has 0 aliphatic rings. The second-order valence-electron chi connectivity index (χ2n) is 7.61. The van der Waals surface area contributed by atoms with Gasteiger partial charge in [-0.25, -0.2) is 0 Å². The Morgan fingerprint density at radius 3 is 2.26 bits per heavy atom. The van der Waals surface area contributed by atoms with Crippen LogP contribution in [0.4, 0.5) is 0 Å². The summed E-state index contributed by atoms with van der Waals surface area (Å²) in [4.78, 5) is 2.51. The van der Waals surface area contributed by atoms with E-state index in [0.29, 0.717) is 0 Å². The largest absolute Gasteiger partial charge is 0.299 e. The third-order valence-corrected chi connectivity index (χ3v) is 5.91. The zero-order valence-corrected chi connectivity index (χ0v) is 18.4. The first-order valence-corrected chi connectivity index (χ1v) is 10.7. The van der Waals surface area contributed by atoms with Crippen LogP contribution in [0.2, 0.25) is 0 Å². The van der Waals surface area contributed by atoms with Gasteiger partial charge < -0.3 is 0 Å². The van der Waals surface area contributed by atoms with Gasteiger partial charge in [-0.05, 0) is 61.5 Å². The van der Waals surface area contributed by atoms with E-state index in [1.54, 1.807) is 0 Å². The summed E-state index contributed by atoms with van der Waals surface area (Å²) in [5.74, 6) is 0.275. The van der Waals surface area contributed by atoms with Crippen LogP contribution in [0.15, 0.2) is 59.1 Å². The molecule has 0 bridgehead atoms. The third kappa shape index (κ3) is 5.92. The van der Waals surface area contributed by atoms with E-state index in [4.69, 9.17) is 0 Å². The Bertz CT molecular complexity index is 718. The van der Waals surface area contributed by atoms with Crippen LogP contribution in [-0.2, 0) is 12.0 Å². The number of hydrogen-bond donors (Lipinski definition) is 0. The van der Waals surface area contributed by atoms with Crippen LogP contribution in [0.3, 0.4) is 0 Å². The molecule has 0 fully saturated rings. The molecule has 2 aromatic carbocycles. The van der Waals surface area contributed by atoms with Crippen LogP contribution in [0.5, 0.6) is 0 Å². The Kier molecular flexibility index (Phi) is 8.54. The highest BCUT2D eigenvalue weighted by molar-refractivity contribution is 9.10.